The highest BCUT2D eigenvalue weighted by Gasteiger charge is 2.66. The van der Waals surface area contributed by atoms with Crippen LogP contribution in [0.25, 0.3) is 0 Å². The van der Waals surface area contributed by atoms with Crippen molar-refractivity contribution in [3.63, 3.8) is 0 Å². The number of aryl methyl sites for hydroxylation is 1. The summed E-state index contributed by atoms with van der Waals surface area (Å²) in [6, 6.07) is 3.60. The van der Waals surface area contributed by atoms with Crippen LogP contribution in [0.4, 0.5) is 41.7 Å². The summed E-state index contributed by atoms with van der Waals surface area (Å²) in [5, 5.41) is -0.0179. The number of alkyl halides is 7. The molecule has 4 amide bonds. The molecule has 356 valence electrons. The largest absolute Gasteiger partial charge is 0.443 e. The number of hydrogen-bond acceptors (Lipinski definition) is 8. The monoisotopic (exact) mass is 997 g/mol. The maximum absolute atomic E-state index is 13.7. The second kappa shape index (κ2) is 19.5. The quantitative estimate of drug-likeness (QED) is 0.121. The molecule has 63 heavy (non-hydrogen) atoms. The molecular weight excluding hydrogens is 933 g/mol. The van der Waals surface area contributed by atoms with E-state index in [4.69, 9.17) is 9.47 Å². The van der Waals surface area contributed by atoms with Gasteiger partial charge in [0.1, 0.15) is 29.1 Å². The first kappa shape index (κ1) is 55.6. The first-order valence-corrected chi connectivity index (χ1v) is 27.6. The summed E-state index contributed by atoms with van der Waals surface area (Å²) < 4.78 is 92.0. The molecule has 0 saturated carbocycles. The van der Waals surface area contributed by atoms with E-state index >= 15 is 0 Å². The van der Waals surface area contributed by atoms with Crippen LogP contribution in [-0.2, 0) is 30.8 Å². The Morgan fingerprint density at radius 1 is 0.730 bits per heavy atom. The van der Waals surface area contributed by atoms with Gasteiger partial charge >= 0.3 is 24.5 Å². The first-order valence-electron chi connectivity index (χ1n) is 20.6. The van der Waals surface area contributed by atoms with Gasteiger partial charge in [0.2, 0.25) is 11.8 Å². The predicted octanol–water partition coefficient (Wildman–Crippen LogP) is 12.1. The molecule has 0 unspecified atom stereocenters. The van der Waals surface area contributed by atoms with E-state index in [0.717, 1.165) is 26.3 Å². The number of hydrogen-bond donors (Lipinski definition) is 0. The number of carbonyl (C=O) groups excluding carboxylic acids is 4. The molecule has 2 aromatic rings. The van der Waals surface area contributed by atoms with Gasteiger partial charge in [-0.05, 0) is 100 Å². The topological polar surface area (TPSA) is 122 Å². The van der Waals surface area contributed by atoms with E-state index in [0.29, 0.717) is 5.33 Å². The third-order valence-electron chi connectivity index (χ3n) is 11.5. The molecule has 4 heterocycles. The van der Waals surface area contributed by atoms with Gasteiger partial charge in [0.15, 0.2) is 16.5 Å². The summed E-state index contributed by atoms with van der Waals surface area (Å²) in [6.45, 7) is 30.9. The summed E-state index contributed by atoms with van der Waals surface area (Å²) in [4.78, 5) is 57.9. The maximum atomic E-state index is 13.7. The van der Waals surface area contributed by atoms with Crippen LogP contribution in [-0.4, -0.2) is 95.2 Å². The Kier molecular flexibility index (Phi) is 17.2. The Labute approximate surface area is 379 Å². The van der Waals surface area contributed by atoms with Gasteiger partial charge in [-0.15, -0.1) is 0 Å². The number of pyridine rings is 2. The number of rotatable bonds is 6. The molecule has 3 atom stereocenters. The lowest BCUT2D eigenvalue weighted by Gasteiger charge is -2.58. The van der Waals surface area contributed by atoms with E-state index in [2.05, 4.69) is 25.9 Å². The van der Waals surface area contributed by atoms with Gasteiger partial charge < -0.3 is 18.6 Å². The molecule has 11 nitrogen and oxygen atoms in total. The van der Waals surface area contributed by atoms with E-state index in [1.165, 1.54) is 10.8 Å². The standard InChI is InChI=1S/C17H25F3N2OSi.C16H23BrN2O4.C10H18F3NOSi/c1-11-9-12(7-8-21-11)10-13-14(17(18,19)20)22(15(13)23)24(5,6)16(2,3)4;1-15(2,3)22-13(20)19(14(21)23-16(4,5)6)12-9-11(10-17)7-8-18-12;1-9(2,3)16(4,5)14-7(6-8(14)15)10(11,12)13/h7-9,13-14H,10H2,1-6H3;7-9H,10H2,1-6H3;7H,6H2,1-5H3/t13-,14+;;7-/m1.0/s1. The second-order valence-electron chi connectivity index (χ2n) is 20.9. The minimum Gasteiger partial charge on any atom is -0.443 e. The number of anilines is 1. The van der Waals surface area contributed by atoms with Crippen molar-refractivity contribution in [3.05, 3.63) is 53.5 Å². The fraction of sp³-hybridized carbons (Fsp3) is 0.674. The van der Waals surface area contributed by atoms with Gasteiger partial charge in [-0.3, -0.25) is 14.6 Å². The second-order valence-corrected chi connectivity index (χ2v) is 31.7. The lowest BCUT2D eigenvalue weighted by Crippen LogP contribution is -2.76. The molecule has 20 heteroatoms. The van der Waals surface area contributed by atoms with Crippen molar-refractivity contribution in [2.45, 2.75) is 180 Å². The molecular formula is C43H66BrF6N5O6Si2. The fourth-order valence-corrected chi connectivity index (χ4v) is 11.6. The average molecular weight is 999 g/mol. The highest BCUT2D eigenvalue weighted by Crippen LogP contribution is 2.50. The van der Waals surface area contributed by atoms with E-state index in [9.17, 15) is 45.5 Å². The van der Waals surface area contributed by atoms with Crippen molar-refractivity contribution in [1.82, 2.24) is 19.1 Å². The van der Waals surface area contributed by atoms with Gasteiger partial charge in [-0.25, -0.2) is 14.6 Å². The number of β-lactam (4-membered cyclic amide) rings is 2. The Morgan fingerprint density at radius 2 is 1.17 bits per heavy atom. The molecule has 0 bridgehead atoms. The van der Waals surface area contributed by atoms with Crippen LogP contribution >= 0.6 is 15.9 Å². The molecule has 2 fully saturated rings. The fourth-order valence-electron chi connectivity index (χ4n) is 6.38. The Hall–Kier alpha value is -3.53. The SMILES string of the molecule is CC(C)(C)OC(=O)N(C(=O)OC(C)(C)C)c1cc(CBr)ccn1.CC(C)(C)[Si](C)(C)N1C(=O)C[C@H]1C(F)(F)F.Cc1cc(C[C@H]2C(=O)N([Si](C)(C)C(C)(C)C)[C@@H]2C(F)(F)F)ccn1. The van der Waals surface area contributed by atoms with Crippen LogP contribution in [0.2, 0.25) is 36.3 Å². The highest BCUT2D eigenvalue weighted by molar-refractivity contribution is 9.08. The van der Waals surface area contributed by atoms with E-state index < -0.39 is 70.2 Å². The van der Waals surface area contributed by atoms with Crippen LogP contribution in [0.3, 0.4) is 0 Å². The van der Waals surface area contributed by atoms with Crippen LogP contribution < -0.4 is 4.90 Å². The summed E-state index contributed by atoms with van der Waals surface area (Å²) in [6.07, 6.45) is -7.53. The molecule has 4 rings (SSSR count). The van der Waals surface area contributed by atoms with Crippen molar-refractivity contribution < 1.29 is 55.0 Å². The Balaban J connectivity index is 0.000000332. The molecule has 0 radical (unpaired) electrons. The predicted molar refractivity (Wildman–Crippen MR) is 240 cm³/mol. The minimum atomic E-state index is -4.41. The molecule has 0 aliphatic carbocycles. The van der Waals surface area contributed by atoms with Crippen molar-refractivity contribution in [2.75, 3.05) is 4.90 Å². The van der Waals surface area contributed by atoms with E-state index in [-0.39, 0.29) is 40.6 Å². The minimum absolute atomic E-state index is 0.109. The normalized spacial score (nSPS) is 18.8. The molecule has 2 aliphatic rings. The molecule has 2 aromatic heterocycles. The first-order chi connectivity index (χ1) is 28.1. The summed E-state index contributed by atoms with van der Waals surface area (Å²) in [5.74, 6) is -1.58. The zero-order valence-corrected chi connectivity index (χ0v) is 43.2. The van der Waals surface area contributed by atoms with Crippen LogP contribution in [0.1, 0.15) is 106 Å². The maximum Gasteiger partial charge on any atom is 0.425 e. The third kappa shape index (κ3) is 14.2. The van der Waals surface area contributed by atoms with Gasteiger partial charge in [0.05, 0.1) is 12.3 Å². The summed E-state index contributed by atoms with van der Waals surface area (Å²) in [7, 11) is -4.97. The lowest BCUT2D eigenvalue weighted by molar-refractivity contribution is -0.217. The Morgan fingerprint density at radius 3 is 1.56 bits per heavy atom. The molecule has 2 saturated heterocycles. The van der Waals surface area contributed by atoms with Gasteiger partial charge in [-0.1, -0.05) is 83.7 Å². The lowest BCUT2D eigenvalue weighted by atomic mass is 9.84. The van der Waals surface area contributed by atoms with Crippen LogP contribution in [0, 0.1) is 12.8 Å². The summed E-state index contributed by atoms with van der Waals surface area (Å²) >= 11 is 3.33. The van der Waals surface area contributed by atoms with Gasteiger partial charge in [0.25, 0.3) is 0 Å². The Bertz CT molecular complexity index is 1930. The van der Waals surface area contributed by atoms with E-state index in [1.54, 1.807) is 78.9 Å². The summed E-state index contributed by atoms with van der Waals surface area (Å²) in [5.41, 5.74) is 0.843. The number of nitrogens with zero attached hydrogens (tertiary/aromatic N) is 5. The molecule has 0 aromatic carbocycles. The van der Waals surface area contributed by atoms with Crippen LogP contribution in [0.15, 0.2) is 36.7 Å². The highest BCUT2D eigenvalue weighted by atomic mass is 79.9. The van der Waals surface area contributed by atoms with Crippen molar-refractivity contribution in [1.29, 1.82) is 0 Å². The van der Waals surface area contributed by atoms with Gasteiger partial charge in [0, 0.05) is 23.4 Å². The zero-order valence-electron chi connectivity index (χ0n) is 39.6. The smallest absolute Gasteiger partial charge is 0.425 e. The van der Waals surface area contributed by atoms with Crippen molar-refractivity contribution in [3.8, 4) is 0 Å². The molecule has 0 spiro atoms. The zero-order chi connectivity index (χ0) is 49.3. The number of amides is 4. The van der Waals surface area contributed by atoms with Crippen molar-refractivity contribution in [2.24, 2.45) is 5.92 Å². The van der Waals surface area contributed by atoms with Crippen LogP contribution in [0.5, 0.6) is 0 Å². The molecule has 0 N–H and O–H groups in total. The number of carbonyl (C=O) groups is 4. The number of aromatic nitrogens is 2. The van der Waals surface area contributed by atoms with Gasteiger partial charge in [-0.2, -0.15) is 31.2 Å². The number of ether oxygens (including phenoxy) is 2. The molecule has 2 aliphatic heterocycles. The number of halogens is 7. The van der Waals surface area contributed by atoms with E-state index in [1.807, 2.05) is 67.7 Å². The average Bonchev–Trinajstić information content (AvgIpc) is 3.05. The van der Waals surface area contributed by atoms with Crippen molar-refractivity contribution >= 4 is 62.2 Å². The number of imide groups is 1. The third-order valence-corrected chi connectivity index (χ3v) is 23.0.